The zero-order chi connectivity index (χ0) is 12.5. The van der Waals surface area contributed by atoms with Gasteiger partial charge in [-0.15, -0.1) is 0 Å². The molecule has 1 unspecified atom stereocenters. The Kier molecular flexibility index (Phi) is 2.83. The highest BCUT2D eigenvalue weighted by atomic mass is 16.4. The van der Waals surface area contributed by atoms with Crippen LogP contribution in [0.1, 0.15) is 32.2 Å². The molecule has 0 radical (unpaired) electrons. The Morgan fingerprint density at radius 3 is 2.65 bits per heavy atom. The van der Waals surface area contributed by atoms with Gasteiger partial charge in [0.25, 0.3) is 0 Å². The second kappa shape index (κ2) is 4.15. The summed E-state index contributed by atoms with van der Waals surface area (Å²) in [7, 11) is 0. The van der Waals surface area contributed by atoms with Gasteiger partial charge in [-0.25, -0.2) is 14.5 Å². The molecule has 92 valence electrons. The second-order valence-electron chi connectivity index (χ2n) is 4.28. The highest BCUT2D eigenvalue weighted by Gasteiger charge is 2.46. The van der Waals surface area contributed by atoms with Gasteiger partial charge in [-0.2, -0.15) is 5.10 Å². The van der Waals surface area contributed by atoms with E-state index in [1.54, 1.807) is 6.92 Å². The minimum absolute atomic E-state index is 0.349. The number of nitrogens with zero attached hydrogens (tertiary/aromatic N) is 3. The maximum absolute atomic E-state index is 11.9. The average molecular weight is 238 g/mol. The first-order valence-electron chi connectivity index (χ1n) is 5.45. The summed E-state index contributed by atoms with van der Waals surface area (Å²) >= 11 is 0. The molecule has 7 nitrogen and oxygen atoms in total. The average Bonchev–Trinajstić information content (AvgIpc) is 2.74. The molecule has 0 saturated heterocycles. The van der Waals surface area contributed by atoms with Gasteiger partial charge in [0, 0.05) is 0 Å². The molecule has 0 aromatic carbocycles. The Morgan fingerprint density at radius 1 is 1.53 bits per heavy atom. The number of aliphatic carboxylic acids is 1. The van der Waals surface area contributed by atoms with Crippen molar-refractivity contribution in [3.8, 4) is 0 Å². The zero-order valence-electron chi connectivity index (χ0n) is 9.46. The van der Waals surface area contributed by atoms with Crippen LogP contribution in [-0.4, -0.2) is 37.3 Å². The van der Waals surface area contributed by atoms with E-state index in [9.17, 15) is 9.59 Å². The summed E-state index contributed by atoms with van der Waals surface area (Å²) in [5, 5.41) is 15.5. The van der Waals surface area contributed by atoms with E-state index in [4.69, 9.17) is 5.11 Å². The minimum Gasteiger partial charge on any atom is -0.480 e. The Bertz CT molecular complexity index is 425. The number of hydrogen-bond acceptors (Lipinski definition) is 4. The molecule has 0 aliphatic heterocycles. The zero-order valence-corrected chi connectivity index (χ0v) is 9.46. The van der Waals surface area contributed by atoms with Gasteiger partial charge in [0.1, 0.15) is 24.2 Å². The van der Waals surface area contributed by atoms with E-state index in [0.29, 0.717) is 12.8 Å². The number of hydrogen-bond donors (Lipinski definition) is 2. The summed E-state index contributed by atoms with van der Waals surface area (Å²) < 4.78 is 1.39. The van der Waals surface area contributed by atoms with Gasteiger partial charge in [-0.3, -0.25) is 4.79 Å². The van der Waals surface area contributed by atoms with Crippen LogP contribution in [0, 0.1) is 0 Å². The highest BCUT2D eigenvalue weighted by Crippen LogP contribution is 2.32. The van der Waals surface area contributed by atoms with Crippen molar-refractivity contribution in [3.05, 3.63) is 12.7 Å². The second-order valence-corrected chi connectivity index (χ2v) is 4.28. The molecule has 1 amide bonds. The van der Waals surface area contributed by atoms with E-state index in [1.807, 2.05) is 0 Å². The molecular formula is C10H14N4O3. The van der Waals surface area contributed by atoms with Crippen molar-refractivity contribution in [3.63, 3.8) is 0 Å². The van der Waals surface area contributed by atoms with Gasteiger partial charge in [0.2, 0.25) is 5.91 Å². The summed E-state index contributed by atoms with van der Waals surface area (Å²) in [5.41, 5.74) is -1.08. The van der Waals surface area contributed by atoms with Crippen molar-refractivity contribution in [2.24, 2.45) is 0 Å². The molecule has 2 N–H and O–H groups in total. The third kappa shape index (κ3) is 2.00. The number of carboxylic acid groups (broad SMARTS) is 1. The van der Waals surface area contributed by atoms with Gasteiger partial charge >= 0.3 is 5.97 Å². The van der Waals surface area contributed by atoms with Crippen LogP contribution in [0.25, 0.3) is 0 Å². The number of aromatic nitrogens is 3. The fourth-order valence-corrected chi connectivity index (χ4v) is 1.80. The lowest BCUT2D eigenvalue weighted by atomic mass is 9.76. The quantitative estimate of drug-likeness (QED) is 0.767. The molecule has 1 fully saturated rings. The van der Waals surface area contributed by atoms with Gasteiger partial charge in [-0.1, -0.05) is 0 Å². The van der Waals surface area contributed by atoms with E-state index in [1.165, 1.54) is 17.3 Å². The van der Waals surface area contributed by atoms with E-state index >= 15 is 0 Å². The maximum Gasteiger partial charge on any atom is 0.329 e. The third-order valence-electron chi connectivity index (χ3n) is 3.19. The SMILES string of the molecule is CC(C(=O)NC1(C(=O)O)CCC1)n1cncn1. The van der Waals surface area contributed by atoms with Gasteiger partial charge in [0.05, 0.1) is 0 Å². The lowest BCUT2D eigenvalue weighted by Crippen LogP contribution is -2.60. The van der Waals surface area contributed by atoms with Crippen molar-refractivity contribution >= 4 is 11.9 Å². The molecule has 1 aromatic rings. The van der Waals surface area contributed by atoms with Gasteiger partial charge in [0.15, 0.2) is 0 Å². The number of carbonyl (C=O) groups is 2. The molecule has 7 heteroatoms. The number of carboxylic acids is 1. The Labute approximate surface area is 97.8 Å². The molecule has 1 aliphatic carbocycles. The number of amides is 1. The van der Waals surface area contributed by atoms with E-state index in [2.05, 4.69) is 15.4 Å². The topological polar surface area (TPSA) is 97.1 Å². The van der Waals surface area contributed by atoms with Gasteiger partial charge in [-0.05, 0) is 26.2 Å². The van der Waals surface area contributed by atoms with Crippen LogP contribution in [0.15, 0.2) is 12.7 Å². The fourth-order valence-electron chi connectivity index (χ4n) is 1.80. The largest absolute Gasteiger partial charge is 0.480 e. The Balaban J connectivity index is 2.04. The van der Waals surface area contributed by atoms with E-state index < -0.39 is 17.6 Å². The van der Waals surface area contributed by atoms with Crippen LogP contribution >= 0.6 is 0 Å². The predicted octanol–water partition coefficient (Wildman–Crippen LogP) is -0.0374. The van der Waals surface area contributed by atoms with Crippen molar-refractivity contribution in [2.75, 3.05) is 0 Å². The van der Waals surface area contributed by atoms with Gasteiger partial charge < -0.3 is 10.4 Å². The summed E-state index contributed by atoms with van der Waals surface area (Å²) in [6, 6.07) is -0.561. The molecule has 17 heavy (non-hydrogen) atoms. The monoisotopic (exact) mass is 238 g/mol. The number of carbonyl (C=O) groups excluding carboxylic acids is 1. The molecule has 1 heterocycles. The summed E-state index contributed by atoms with van der Waals surface area (Å²) in [5.74, 6) is -1.32. The first kappa shape index (κ1) is 11.6. The number of nitrogens with one attached hydrogen (secondary N) is 1. The predicted molar refractivity (Wildman–Crippen MR) is 57.1 cm³/mol. The molecular weight excluding hydrogens is 224 g/mol. The molecule has 0 spiro atoms. The molecule has 1 aliphatic rings. The Hall–Kier alpha value is -1.92. The summed E-state index contributed by atoms with van der Waals surface area (Å²) in [6.45, 7) is 1.65. The van der Waals surface area contributed by atoms with Crippen LogP contribution < -0.4 is 5.32 Å². The molecule has 2 rings (SSSR count). The van der Waals surface area contributed by atoms with Crippen LogP contribution in [0.3, 0.4) is 0 Å². The Morgan fingerprint density at radius 2 is 2.24 bits per heavy atom. The highest BCUT2D eigenvalue weighted by molar-refractivity contribution is 5.89. The first-order chi connectivity index (χ1) is 8.05. The fraction of sp³-hybridized carbons (Fsp3) is 0.600. The minimum atomic E-state index is -1.08. The first-order valence-corrected chi connectivity index (χ1v) is 5.45. The lowest BCUT2D eigenvalue weighted by Gasteiger charge is -2.38. The van der Waals surface area contributed by atoms with Crippen molar-refractivity contribution in [2.45, 2.75) is 37.8 Å². The van der Waals surface area contributed by atoms with Crippen LogP contribution in [0.4, 0.5) is 0 Å². The van der Waals surface area contributed by atoms with Crippen molar-refractivity contribution in [1.82, 2.24) is 20.1 Å². The number of rotatable bonds is 4. The van der Waals surface area contributed by atoms with E-state index in [-0.39, 0.29) is 5.91 Å². The maximum atomic E-state index is 11.9. The molecule has 1 aromatic heterocycles. The van der Waals surface area contributed by atoms with Crippen LogP contribution in [0.5, 0.6) is 0 Å². The third-order valence-corrected chi connectivity index (χ3v) is 3.19. The smallest absolute Gasteiger partial charge is 0.329 e. The summed E-state index contributed by atoms with van der Waals surface area (Å²) in [6.07, 6.45) is 4.55. The van der Waals surface area contributed by atoms with Crippen molar-refractivity contribution < 1.29 is 14.7 Å². The molecule has 1 atom stereocenters. The molecule has 1 saturated carbocycles. The van der Waals surface area contributed by atoms with Crippen LogP contribution in [0.2, 0.25) is 0 Å². The normalized spacial score (nSPS) is 19.1. The summed E-state index contributed by atoms with van der Waals surface area (Å²) in [4.78, 5) is 26.7. The van der Waals surface area contributed by atoms with Crippen molar-refractivity contribution in [1.29, 1.82) is 0 Å². The molecule has 0 bridgehead atoms. The lowest BCUT2D eigenvalue weighted by molar-refractivity contribution is -0.152. The standard InChI is InChI=1S/C10H14N4O3/c1-7(14-6-11-5-12-14)8(15)13-10(9(16)17)3-2-4-10/h5-7H,2-4H2,1H3,(H,13,15)(H,16,17). The van der Waals surface area contributed by atoms with Crippen LogP contribution in [-0.2, 0) is 9.59 Å². The van der Waals surface area contributed by atoms with E-state index in [0.717, 1.165) is 6.42 Å².